The molecule has 1 aromatic heterocycles. The van der Waals surface area contributed by atoms with E-state index in [1.807, 2.05) is 35.7 Å². The van der Waals surface area contributed by atoms with Crippen LogP contribution in [-0.4, -0.2) is 19.1 Å². The smallest absolute Gasteiger partial charge is 0.257 e. The molecule has 0 aliphatic heterocycles. The van der Waals surface area contributed by atoms with Gasteiger partial charge in [0.05, 0.1) is 0 Å². The third-order valence-corrected chi connectivity index (χ3v) is 3.92. The van der Waals surface area contributed by atoms with Gasteiger partial charge < -0.3 is 10.1 Å². The zero-order valence-electron chi connectivity index (χ0n) is 10.3. The molecule has 3 nitrogen and oxygen atoms in total. The highest BCUT2D eigenvalue weighted by Gasteiger charge is 2.02. The summed E-state index contributed by atoms with van der Waals surface area (Å²) in [6.07, 6.45) is 0.863. The SMILES string of the molecule is O=C(COc1ccc(Br)cc1)NCCc1cccs1. The van der Waals surface area contributed by atoms with Crippen molar-refractivity contribution in [3.63, 3.8) is 0 Å². The van der Waals surface area contributed by atoms with Crippen LogP contribution in [0.3, 0.4) is 0 Å². The molecule has 2 rings (SSSR count). The van der Waals surface area contributed by atoms with Crippen LogP contribution in [0.2, 0.25) is 0 Å². The molecule has 100 valence electrons. The molecule has 1 N–H and O–H groups in total. The lowest BCUT2D eigenvalue weighted by molar-refractivity contribution is -0.123. The van der Waals surface area contributed by atoms with Gasteiger partial charge in [-0.15, -0.1) is 11.3 Å². The number of carbonyl (C=O) groups is 1. The van der Waals surface area contributed by atoms with Gasteiger partial charge in [0.2, 0.25) is 0 Å². The van der Waals surface area contributed by atoms with E-state index in [2.05, 4.69) is 27.3 Å². The first-order valence-electron chi connectivity index (χ1n) is 5.91. The molecule has 1 aromatic carbocycles. The van der Waals surface area contributed by atoms with E-state index in [0.29, 0.717) is 12.3 Å². The van der Waals surface area contributed by atoms with Crippen molar-refractivity contribution in [2.45, 2.75) is 6.42 Å². The lowest BCUT2D eigenvalue weighted by Crippen LogP contribution is -2.30. The Balaban J connectivity index is 1.65. The highest BCUT2D eigenvalue weighted by molar-refractivity contribution is 9.10. The molecule has 19 heavy (non-hydrogen) atoms. The third kappa shape index (κ3) is 5.04. The van der Waals surface area contributed by atoms with Crippen molar-refractivity contribution in [2.75, 3.05) is 13.2 Å². The normalized spacial score (nSPS) is 10.2. The first-order chi connectivity index (χ1) is 9.24. The molecule has 0 unspecified atom stereocenters. The highest BCUT2D eigenvalue weighted by atomic mass is 79.9. The zero-order chi connectivity index (χ0) is 13.5. The average molecular weight is 340 g/mol. The molecule has 1 heterocycles. The Kier molecular flexibility index (Phi) is 5.42. The van der Waals surface area contributed by atoms with Gasteiger partial charge in [0.1, 0.15) is 5.75 Å². The number of halogens is 1. The fraction of sp³-hybridized carbons (Fsp3) is 0.214. The fourth-order valence-corrected chi connectivity index (χ4v) is 2.48. The van der Waals surface area contributed by atoms with Gasteiger partial charge in [-0.1, -0.05) is 22.0 Å². The summed E-state index contributed by atoms with van der Waals surface area (Å²) in [5, 5.41) is 4.87. The second-order valence-corrected chi connectivity index (χ2v) is 5.87. The van der Waals surface area contributed by atoms with Crippen LogP contribution in [0.5, 0.6) is 5.75 Å². The number of nitrogens with one attached hydrogen (secondary N) is 1. The molecule has 0 fully saturated rings. The Morgan fingerprint density at radius 1 is 1.26 bits per heavy atom. The van der Waals surface area contributed by atoms with Gasteiger partial charge in [0.25, 0.3) is 5.91 Å². The van der Waals surface area contributed by atoms with Crippen LogP contribution in [0.15, 0.2) is 46.3 Å². The molecule has 2 aromatic rings. The fourth-order valence-electron chi connectivity index (χ4n) is 1.51. The molecule has 0 saturated heterocycles. The molecule has 0 spiro atoms. The van der Waals surface area contributed by atoms with Crippen molar-refractivity contribution in [1.29, 1.82) is 0 Å². The van der Waals surface area contributed by atoms with Crippen molar-refractivity contribution < 1.29 is 9.53 Å². The Morgan fingerprint density at radius 3 is 2.74 bits per heavy atom. The lowest BCUT2D eigenvalue weighted by atomic mass is 10.3. The zero-order valence-corrected chi connectivity index (χ0v) is 12.7. The van der Waals surface area contributed by atoms with E-state index in [0.717, 1.165) is 10.9 Å². The second-order valence-electron chi connectivity index (χ2n) is 3.92. The Morgan fingerprint density at radius 2 is 2.05 bits per heavy atom. The van der Waals surface area contributed by atoms with Crippen LogP contribution in [0.4, 0.5) is 0 Å². The van der Waals surface area contributed by atoms with Crippen LogP contribution in [0.25, 0.3) is 0 Å². The number of thiophene rings is 1. The Hall–Kier alpha value is -1.33. The molecule has 0 bridgehead atoms. The molecule has 0 radical (unpaired) electrons. The quantitative estimate of drug-likeness (QED) is 0.877. The first kappa shape index (κ1) is 14.1. The van der Waals surface area contributed by atoms with Gasteiger partial charge in [-0.25, -0.2) is 0 Å². The summed E-state index contributed by atoms with van der Waals surface area (Å²) in [5.74, 6) is 0.594. The minimum absolute atomic E-state index is 0.0477. The lowest BCUT2D eigenvalue weighted by Gasteiger charge is -2.07. The van der Waals surface area contributed by atoms with Gasteiger partial charge in [-0.3, -0.25) is 4.79 Å². The highest BCUT2D eigenvalue weighted by Crippen LogP contribution is 2.15. The third-order valence-electron chi connectivity index (χ3n) is 2.46. The molecule has 0 saturated carbocycles. The average Bonchev–Trinajstić information content (AvgIpc) is 2.91. The molecule has 1 amide bonds. The van der Waals surface area contributed by atoms with Crippen LogP contribution < -0.4 is 10.1 Å². The number of carbonyl (C=O) groups excluding carboxylic acids is 1. The van der Waals surface area contributed by atoms with Crippen LogP contribution in [-0.2, 0) is 11.2 Å². The van der Waals surface area contributed by atoms with Crippen LogP contribution in [0, 0.1) is 0 Å². The number of hydrogen-bond donors (Lipinski definition) is 1. The van der Waals surface area contributed by atoms with Crippen LogP contribution >= 0.6 is 27.3 Å². The maximum atomic E-state index is 11.6. The summed E-state index contributed by atoms with van der Waals surface area (Å²) in [6, 6.07) is 11.5. The van der Waals surface area contributed by atoms with Gasteiger partial charge >= 0.3 is 0 Å². The summed E-state index contributed by atoms with van der Waals surface area (Å²) < 4.78 is 6.37. The van der Waals surface area contributed by atoms with Crippen molar-refractivity contribution >= 4 is 33.2 Å². The van der Waals surface area contributed by atoms with Gasteiger partial charge in [0.15, 0.2) is 6.61 Å². The predicted molar refractivity (Wildman–Crippen MR) is 80.7 cm³/mol. The van der Waals surface area contributed by atoms with Crippen LogP contribution in [0.1, 0.15) is 4.88 Å². The van der Waals surface area contributed by atoms with E-state index in [-0.39, 0.29) is 12.5 Å². The van der Waals surface area contributed by atoms with E-state index in [1.54, 1.807) is 11.3 Å². The van der Waals surface area contributed by atoms with E-state index in [4.69, 9.17) is 4.74 Å². The molecule has 0 atom stereocenters. The van der Waals surface area contributed by atoms with Crippen molar-refractivity contribution in [1.82, 2.24) is 5.32 Å². The number of hydrogen-bond acceptors (Lipinski definition) is 3. The standard InChI is InChI=1S/C14H14BrNO2S/c15-11-3-5-12(6-4-11)18-10-14(17)16-8-7-13-2-1-9-19-13/h1-6,9H,7-8,10H2,(H,16,17). The van der Waals surface area contributed by atoms with Crippen molar-refractivity contribution in [3.05, 3.63) is 51.1 Å². The summed E-state index contributed by atoms with van der Waals surface area (Å²) >= 11 is 5.04. The number of rotatable bonds is 6. The maximum absolute atomic E-state index is 11.6. The second kappa shape index (κ2) is 7.31. The molecule has 5 heteroatoms. The predicted octanol–water partition coefficient (Wildman–Crippen LogP) is 3.25. The molecular formula is C14H14BrNO2S. The van der Waals surface area contributed by atoms with E-state index >= 15 is 0 Å². The summed E-state index contributed by atoms with van der Waals surface area (Å²) in [4.78, 5) is 12.8. The first-order valence-corrected chi connectivity index (χ1v) is 7.59. The van der Waals surface area contributed by atoms with E-state index in [9.17, 15) is 4.79 Å². The Labute approximate surface area is 124 Å². The van der Waals surface area contributed by atoms with Crippen molar-refractivity contribution in [3.8, 4) is 5.75 Å². The van der Waals surface area contributed by atoms with E-state index < -0.39 is 0 Å². The summed E-state index contributed by atoms with van der Waals surface area (Å²) in [6.45, 7) is 0.690. The van der Waals surface area contributed by atoms with Gasteiger partial charge in [-0.2, -0.15) is 0 Å². The Bertz CT molecular complexity index is 511. The summed E-state index contributed by atoms with van der Waals surface area (Å²) in [5.41, 5.74) is 0. The summed E-state index contributed by atoms with van der Waals surface area (Å²) in [7, 11) is 0. The van der Waals surface area contributed by atoms with Gasteiger partial charge in [-0.05, 0) is 42.1 Å². The maximum Gasteiger partial charge on any atom is 0.257 e. The molecule has 0 aliphatic carbocycles. The van der Waals surface area contributed by atoms with E-state index in [1.165, 1.54) is 4.88 Å². The van der Waals surface area contributed by atoms with Crippen molar-refractivity contribution in [2.24, 2.45) is 0 Å². The topological polar surface area (TPSA) is 38.3 Å². The number of ether oxygens (including phenoxy) is 1. The molecule has 0 aliphatic rings. The monoisotopic (exact) mass is 339 g/mol. The molecular weight excluding hydrogens is 326 g/mol. The minimum atomic E-state index is -0.0977. The van der Waals surface area contributed by atoms with Gasteiger partial charge in [0, 0.05) is 15.9 Å². The minimum Gasteiger partial charge on any atom is -0.484 e. The largest absolute Gasteiger partial charge is 0.484 e. The number of benzene rings is 1. The number of amides is 1.